The molecule has 4 nitrogen and oxygen atoms in total. The van der Waals surface area contributed by atoms with Crippen molar-refractivity contribution in [1.82, 2.24) is 20.1 Å². The Balaban J connectivity index is 2.04. The lowest BCUT2D eigenvalue weighted by molar-refractivity contribution is 0.479. The highest BCUT2D eigenvalue weighted by Gasteiger charge is 2.11. The largest absolute Gasteiger partial charge is 0.320 e. The van der Waals surface area contributed by atoms with Gasteiger partial charge in [-0.2, -0.15) is 0 Å². The number of hydrogen-bond donors (Lipinski definition) is 1. The molecule has 1 unspecified atom stereocenters. The van der Waals surface area contributed by atoms with Crippen LogP contribution in [0.4, 0.5) is 0 Å². The molecule has 2 rings (SSSR count). The second kappa shape index (κ2) is 6.68. The minimum atomic E-state index is 0.318. The molecule has 102 valence electrons. The average molecular weight is 279 g/mol. The minimum absolute atomic E-state index is 0.318. The van der Waals surface area contributed by atoms with Gasteiger partial charge in [-0.3, -0.25) is 0 Å². The van der Waals surface area contributed by atoms with E-state index in [-0.39, 0.29) is 0 Å². The maximum atomic E-state index is 5.93. The van der Waals surface area contributed by atoms with Gasteiger partial charge in [0.2, 0.25) is 0 Å². The van der Waals surface area contributed by atoms with Crippen LogP contribution in [0.5, 0.6) is 0 Å². The van der Waals surface area contributed by atoms with E-state index in [0.717, 1.165) is 23.7 Å². The van der Waals surface area contributed by atoms with Crippen LogP contribution in [0.15, 0.2) is 30.6 Å². The Morgan fingerprint density at radius 3 is 2.63 bits per heavy atom. The van der Waals surface area contributed by atoms with Crippen molar-refractivity contribution in [3.05, 3.63) is 47.0 Å². The first-order valence-corrected chi connectivity index (χ1v) is 6.90. The van der Waals surface area contributed by atoms with E-state index in [1.54, 1.807) is 6.33 Å². The van der Waals surface area contributed by atoms with Crippen molar-refractivity contribution < 1.29 is 0 Å². The summed E-state index contributed by atoms with van der Waals surface area (Å²) >= 11 is 5.93. The van der Waals surface area contributed by atoms with Crippen molar-refractivity contribution in [1.29, 1.82) is 0 Å². The van der Waals surface area contributed by atoms with Gasteiger partial charge in [-0.25, -0.2) is 0 Å². The third-order valence-corrected chi connectivity index (χ3v) is 3.41. The third kappa shape index (κ3) is 3.78. The highest BCUT2D eigenvalue weighted by Crippen LogP contribution is 2.21. The van der Waals surface area contributed by atoms with Gasteiger partial charge >= 0.3 is 0 Å². The quantitative estimate of drug-likeness (QED) is 0.883. The van der Waals surface area contributed by atoms with Crippen LogP contribution in [0.3, 0.4) is 0 Å². The van der Waals surface area contributed by atoms with Gasteiger partial charge < -0.3 is 9.88 Å². The zero-order valence-electron chi connectivity index (χ0n) is 11.3. The molecular weight excluding hydrogens is 260 g/mol. The van der Waals surface area contributed by atoms with Gasteiger partial charge in [0.05, 0.1) is 6.54 Å². The highest BCUT2D eigenvalue weighted by molar-refractivity contribution is 6.30. The molecule has 0 saturated carbocycles. The fourth-order valence-corrected chi connectivity index (χ4v) is 2.18. The molecule has 5 heteroatoms. The Labute approximate surface area is 118 Å². The van der Waals surface area contributed by atoms with Crippen molar-refractivity contribution in [2.45, 2.75) is 32.4 Å². The van der Waals surface area contributed by atoms with Gasteiger partial charge in [-0.15, -0.1) is 10.2 Å². The molecular formula is C14H19ClN4. The number of aryl methyl sites for hydroxylation is 1. The molecule has 1 N–H and O–H groups in total. The molecule has 0 fully saturated rings. The van der Waals surface area contributed by atoms with Gasteiger partial charge in [0.1, 0.15) is 12.2 Å². The van der Waals surface area contributed by atoms with E-state index in [1.165, 1.54) is 5.56 Å². The number of rotatable bonds is 6. The maximum absolute atomic E-state index is 5.93. The summed E-state index contributed by atoms with van der Waals surface area (Å²) in [5, 5.41) is 12.3. The third-order valence-electron chi connectivity index (χ3n) is 3.16. The molecule has 0 radical (unpaired) electrons. The average Bonchev–Trinajstić information content (AvgIpc) is 2.81. The van der Waals surface area contributed by atoms with Gasteiger partial charge in [-0.05, 0) is 24.1 Å². The summed E-state index contributed by atoms with van der Waals surface area (Å²) in [7, 11) is 1.95. The Hall–Kier alpha value is -1.39. The lowest BCUT2D eigenvalue weighted by Crippen LogP contribution is -2.22. The van der Waals surface area contributed by atoms with Crippen molar-refractivity contribution in [2.75, 3.05) is 0 Å². The monoisotopic (exact) mass is 278 g/mol. The van der Waals surface area contributed by atoms with E-state index in [9.17, 15) is 0 Å². The molecule has 0 bridgehead atoms. The molecule has 0 spiro atoms. The lowest BCUT2D eigenvalue weighted by atomic mass is 10.0. The summed E-state index contributed by atoms with van der Waals surface area (Å²) in [5.41, 5.74) is 1.26. The molecule has 19 heavy (non-hydrogen) atoms. The zero-order chi connectivity index (χ0) is 13.7. The normalized spacial score (nSPS) is 12.6. The Kier molecular flexibility index (Phi) is 4.93. The fourth-order valence-electron chi connectivity index (χ4n) is 2.05. The van der Waals surface area contributed by atoms with Crippen LogP contribution in [0.1, 0.15) is 37.2 Å². The molecule has 2 aromatic rings. The summed E-state index contributed by atoms with van der Waals surface area (Å²) in [6, 6.07) is 8.34. The molecule has 0 aliphatic heterocycles. The second-order valence-electron chi connectivity index (χ2n) is 4.63. The predicted octanol–water partition coefficient (Wildman–Crippen LogP) is 3.10. The molecule has 1 aromatic carbocycles. The van der Waals surface area contributed by atoms with Crippen molar-refractivity contribution in [3.8, 4) is 0 Å². The van der Waals surface area contributed by atoms with Gasteiger partial charge in [0.15, 0.2) is 0 Å². The van der Waals surface area contributed by atoms with E-state index in [1.807, 2.05) is 23.7 Å². The van der Waals surface area contributed by atoms with Crippen LogP contribution in [0.2, 0.25) is 5.02 Å². The Morgan fingerprint density at radius 2 is 2.05 bits per heavy atom. The van der Waals surface area contributed by atoms with Crippen LogP contribution in [-0.2, 0) is 13.6 Å². The number of nitrogens with one attached hydrogen (secondary N) is 1. The summed E-state index contributed by atoms with van der Waals surface area (Å²) in [5.74, 6) is 0.940. The number of aromatic nitrogens is 3. The van der Waals surface area contributed by atoms with Crippen LogP contribution in [0, 0.1) is 0 Å². The highest BCUT2D eigenvalue weighted by atomic mass is 35.5. The van der Waals surface area contributed by atoms with Crippen molar-refractivity contribution >= 4 is 11.6 Å². The molecule has 0 saturated heterocycles. The maximum Gasteiger partial charge on any atom is 0.146 e. The SMILES string of the molecule is CCCC(NCc1nncn1C)c1ccc(Cl)cc1. The van der Waals surface area contributed by atoms with Crippen LogP contribution in [-0.4, -0.2) is 14.8 Å². The summed E-state index contributed by atoms with van der Waals surface area (Å²) in [4.78, 5) is 0. The molecule has 0 aliphatic carbocycles. The van der Waals surface area contributed by atoms with E-state index >= 15 is 0 Å². The number of benzene rings is 1. The predicted molar refractivity (Wildman–Crippen MR) is 76.9 cm³/mol. The zero-order valence-corrected chi connectivity index (χ0v) is 12.1. The van der Waals surface area contributed by atoms with Crippen LogP contribution >= 0.6 is 11.6 Å². The summed E-state index contributed by atoms with van der Waals surface area (Å²) < 4.78 is 1.93. The first kappa shape index (κ1) is 14.0. The van der Waals surface area contributed by atoms with Crippen LogP contribution < -0.4 is 5.32 Å². The van der Waals surface area contributed by atoms with Gasteiger partial charge in [0.25, 0.3) is 0 Å². The van der Waals surface area contributed by atoms with E-state index in [2.05, 4.69) is 34.6 Å². The van der Waals surface area contributed by atoms with Crippen LogP contribution in [0.25, 0.3) is 0 Å². The molecule has 0 amide bonds. The lowest BCUT2D eigenvalue weighted by Gasteiger charge is -2.18. The fraction of sp³-hybridized carbons (Fsp3) is 0.429. The van der Waals surface area contributed by atoms with E-state index in [4.69, 9.17) is 11.6 Å². The molecule has 0 aliphatic rings. The standard InChI is InChI=1S/C14H19ClN4/c1-3-4-13(11-5-7-12(15)8-6-11)16-9-14-18-17-10-19(14)2/h5-8,10,13,16H,3-4,9H2,1-2H3. The van der Waals surface area contributed by atoms with Gasteiger partial charge in [0, 0.05) is 18.1 Å². The van der Waals surface area contributed by atoms with Crippen molar-refractivity contribution in [2.24, 2.45) is 7.05 Å². The minimum Gasteiger partial charge on any atom is -0.320 e. The summed E-state index contributed by atoms with van der Waals surface area (Å²) in [6.07, 6.45) is 3.92. The van der Waals surface area contributed by atoms with Gasteiger partial charge in [-0.1, -0.05) is 37.1 Å². The number of halogens is 1. The second-order valence-corrected chi connectivity index (χ2v) is 5.07. The number of hydrogen-bond acceptors (Lipinski definition) is 3. The first-order valence-electron chi connectivity index (χ1n) is 6.52. The smallest absolute Gasteiger partial charge is 0.146 e. The molecule has 1 atom stereocenters. The first-order chi connectivity index (χ1) is 9.20. The molecule has 1 aromatic heterocycles. The molecule has 1 heterocycles. The summed E-state index contributed by atoms with van der Waals surface area (Å²) in [6.45, 7) is 2.90. The Bertz CT molecular complexity index is 506. The number of nitrogens with zero attached hydrogens (tertiary/aromatic N) is 3. The Morgan fingerprint density at radius 1 is 1.32 bits per heavy atom. The van der Waals surface area contributed by atoms with E-state index < -0.39 is 0 Å². The van der Waals surface area contributed by atoms with E-state index in [0.29, 0.717) is 12.6 Å². The topological polar surface area (TPSA) is 42.7 Å². The van der Waals surface area contributed by atoms with Crippen molar-refractivity contribution in [3.63, 3.8) is 0 Å².